The first-order chi connectivity index (χ1) is 13.5. The molecule has 4 aromatic rings. The van der Waals surface area contributed by atoms with E-state index in [1.165, 1.54) is 17.0 Å². The van der Waals surface area contributed by atoms with Crippen molar-refractivity contribution >= 4 is 38.5 Å². The molecule has 4 rings (SSSR count). The van der Waals surface area contributed by atoms with Gasteiger partial charge in [-0.05, 0) is 24.3 Å². The Balaban J connectivity index is 1.70. The second kappa shape index (κ2) is 7.19. The predicted molar refractivity (Wildman–Crippen MR) is 98.8 cm³/mol. The molecule has 0 aliphatic rings. The van der Waals surface area contributed by atoms with Crippen LogP contribution in [0.1, 0.15) is 10.6 Å². The van der Waals surface area contributed by atoms with Gasteiger partial charge in [0, 0.05) is 18.9 Å². The van der Waals surface area contributed by atoms with Crippen molar-refractivity contribution in [1.29, 1.82) is 0 Å². The summed E-state index contributed by atoms with van der Waals surface area (Å²) >= 11 is 1.14. The first kappa shape index (κ1) is 17.8. The Morgan fingerprint density at radius 1 is 1.32 bits per heavy atom. The maximum absolute atomic E-state index is 14.0. The van der Waals surface area contributed by atoms with Crippen molar-refractivity contribution in [3.05, 3.63) is 70.5 Å². The lowest BCUT2D eigenvalue weighted by Gasteiger charge is -2.18. The van der Waals surface area contributed by atoms with E-state index in [4.69, 9.17) is 4.42 Å². The number of carbonyl (C=O) groups excluding carboxylic acids is 1. The first-order valence-electron chi connectivity index (χ1n) is 8.11. The molecule has 9 nitrogen and oxygen atoms in total. The number of para-hydroxylation sites is 1. The molecule has 0 atom stereocenters. The smallest absolute Gasteiger partial charge is 0.395 e. The summed E-state index contributed by atoms with van der Waals surface area (Å²) in [5.41, 5.74) is 0.157. The minimum absolute atomic E-state index is 0.157. The Hall–Kier alpha value is -3.60. The van der Waals surface area contributed by atoms with E-state index in [1.54, 1.807) is 35.3 Å². The van der Waals surface area contributed by atoms with Gasteiger partial charge in [-0.1, -0.05) is 17.4 Å². The van der Waals surface area contributed by atoms with Crippen LogP contribution in [0.5, 0.6) is 0 Å². The van der Waals surface area contributed by atoms with Gasteiger partial charge < -0.3 is 4.42 Å². The van der Waals surface area contributed by atoms with Crippen molar-refractivity contribution in [3.8, 4) is 0 Å². The fraction of sp³-hybridized carbons (Fsp3) is 0.118. The lowest BCUT2D eigenvalue weighted by molar-refractivity contribution is -0.402. The van der Waals surface area contributed by atoms with Gasteiger partial charge in [0.25, 0.3) is 5.91 Å². The molecule has 0 saturated heterocycles. The number of nitrogens with zero attached hydrogens (tertiary/aromatic N) is 5. The quantitative estimate of drug-likeness (QED) is 0.362. The average molecular weight is 401 g/mol. The van der Waals surface area contributed by atoms with E-state index in [0.717, 1.165) is 17.4 Å². The lowest BCUT2D eigenvalue weighted by atomic mass is 10.3. The number of halogens is 1. The zero-order chi connectivity index (χ0) is 19.7. The number of hydrogen-bond acceptors (Lipinski definition) is 7. The SMILES string of the molecule is O=C(c1ccc([N+](=O)[O-])o1)N(CCn1cccn1)c1nc2c(F)cccc2s1. The van der Waals surface area contributed by atoms with Gasteiger partial charge in [0.2, 0.25) is 0 Å². The molecular formula is C17H12FN5O4S. The van der Waals surface area contributed by atoms with Crippen molar-refractivity contribution in [2.75, 3.05) is 11.4 Å². The number of carbonyl (C=O) groups is 1. The molecule has 1 aromatic carbocycles. The summed E-state index contributed by atoms with van der Waals surface area (Å²) in [4.78, 5) is 28.6. The molecule has 3 aromatic heterocycles. The largest absolute Gasteiger partial charge is 0.433 e. The maximum Gasteiger partial charge on any atom is 0.433 e. The molecule has 0 spiro atoms. The number of anilines is 1. The summed E-state index contributed by atoms with van der Waals surface area (Å²) in [7, 11) is 0. The Labute approximate surface area is 160 Å². The van der Waals surface area contributed by atoms with Gasteiger partial charge in [-0.3, -0.25) is 24.5 Å². The minimum atomic E-state index is -0.724. The normalized spacial score (nSPS) is 11.0. The molecule has 0 N–H and O–H groups in total. The van der Waals surface area contributed by atoms with E-state index < -0.39 is 22.5 Å². The van der Waals surface area contributed by atoms with Crippen LogP contribution in [0.2, 0.25) is 0 Å². The van der Waals surface area contributed by atoms with E-state index in [9.17, 15) is 19.3 Å². The van der Waals surface area contributed by atoms with Crippen molar-refractivity contribution in [1.82, 2.24) is 14.8 Å². The average Bonchev–Trinajstić information content (AvgIpc) is 3.42. The second-order valence-corrected chi connectivity index (χ2v) is 6.71. The number of nitro groups is 1. The number of furan rings is 1. The fourth-order valence-corrected chi connectivity index (χ4v) is 3.62. The molecule has 0 fully saturated rings. The number of thiazole rings is 1. The number of rotatable bonds is 6. The Morgan fingerprint density at radius 3 is 2.86 bits per heavy atom. The zero-order valence-electron chi connectivity index (χ0n) is 14.2. The molecule has 142 valence electrons. The van der Waals surface area contributed by atoms with Crippen molar-refractivity contribution in [3.63, 3.8) is 0 Å². The van der Waals surface area contributed by atoms with Gasteiger partial charge in [-0.2, -0.15) is 5.10 Å². The number of fused-ring (bicyclic) bond motifs is 1. The van der Waals surface area contributed by atoms with Crippen LogP contribution in [-0.2, 0) is 6.54 Å². The summed E-state index contributed by atoms with van der Waals surface area (Å²) in [6, 6.07) is 8.64. The van der Waals surface area contributed by atoms with Crippen LogP contribution in [0.3, 0.4) is 0 Å². The van der Waals surface area contributed by atoms with Crippen LogP contribution in [0.15, 0.2) is 53.2 Å². The Morgan fingerprint density at radius 2 is 2.18 bits per heavy atom. The van der Waals surface area contributed by atoms with Crippen LogP contribution in [0.4, 0.5) is 15.4 Å². The Bertz CT molecular complexity index is 1150. The van der Waals surface area contributed by atoms with Crippen molar-refractivity contribution in [2.24, 2.45) is 0 Å². The molecule has 3 heterocycles. The minimum Gasteiger partial charge on any atom is -0.395 e. The molecule has 1 amide bonds. The van der Waals surface area contributed by atoms with E-state index in [-0.39, 0.29) is 23.0 Å². The maximum atomic E-state index is 14.0. The van der Waals surface area contributed by atoms with E-state index in [2.05, 4.69) is 10.1 Å². The highest BCUT2D eigenvalue weighted by Crippen LogP contribution is 2.31. The highest BCUT2D eigenvalue weighted by Gasteiger charge is 2.26. The standard InChI is InChI=1S/C17H12FN5O4S/c18-11-3-1-4-13-15(11)20-17(28-13)22(10-9-21-8-2-7-19-21)16(24)12-5-6-14(27-12)23(25)26/h1-8H,9-10H2. The summed E-state index contributed by atoms with van der Waals surface area (Å²) in [6.45, 7) is 0.510. The number of hydrogen-bond donors (Lipinski definition) is 0. The predicted octanol–water partition coefficient (Wildman–Crippen LogP) is 3.48. The summed E-state index contributed by atoms with van der Waals surface area (Å²) < 4.78 is 21.3. The van der Waals surface area contributed by atoms with Gasteiger partial charge in [0.15, 0.2) is 10.9 Å². The monoisotopic (exact) mass is 401 g/mol. The summed E-state index contributed by atoms with van der Waals surface area (Å²) in [5.74, 6) is -1.84. The molecule has 0 aliphatic carbocycles. The topological polar surface area (TPSA) is 107 Å². The van der Waals surface area contributed by atoms with Gasteiger partial charge in [0.1, 0.15) is 16.3 Å². The third-order valence-corrected chi connectivity index (χ3v) is 4.97. The molecule has 0 unspecified atom stereocenters. The highest BCUT2D eigenvalue weighted by atomic mass is 32.1. The number of benzene rings is 1. The zero-order valence-corrected chi connectivity index (χ0v) is 15.0. The third kappa shape index (κ3) is 3.34. The van der Waals surface area contributed by atoms with Crippen molar-refractivity contribution < 1.29 is 18.5 Å². The van der Waals surface area contributed by atoms with E-state index in [0.29, 0.717) is 11.2 Å². The molecule has 0 radical (unpaired) electrons. The number of aromatic nitrogens is 3. The molecule has 28 heavy (non-hydrogen) atoms. The Kier molecular flexibility index (Phi) is 4.57. The molecular weight excluding hydrogens is 389 g/mol. The highest BCUT2D eigenvalue weighted by molar-refractivity contribution is 7.22. The van der Waals surface area contributed by atoms with Crippen LogP contribution in [0, 0.1) is 15.9 Å². The second-order valence-electron chi connectivity index (χ2n) is 5.70. The number of amides is 1. The fourth-order valence-electron chi connectivity index (χ4n) is 2.61. The van der Waals surface area contributed by atoms with Crippen LogP contribution in [0.25, 0.3) is 10.2 Å². The third-order valence-electron chi connectivity index (χ3n) is 3.93. The molecule has 0 saturated carbocycles. The van der Waals surface area contributed by atoms with E-state index >= 15 is 0 Å². The first-order valence-corrected chi connectivity index (χ1v) is 8.93. The summed E-state index contributed by atoms with van der Waals surface area (Å²) in [6.07, 6.45) is 3.34. The van der Waals surface area contributed by atoms with E-state index in [1.807, 2.05) is 0 Å². The van der Waals surface area contributed by atoms with Gasteiger partial charge in [0.05, 0.1) is 17.3 Å². The van der Waals surface area contributed by atoms with Crippen molar-refractivity contribution in [2.45, 2.75) is 6.54 Å². The molecule has 0 bridgehead atoms. The van der Waals surface area contributed by atoms with Crippen LogP contribution < -0.4 is 4.90 Å². The van der Waals surface area contributed by atoms with Gasteiger partial charge in [-0.25, -0.2) is 9.37 Å². The summed E-state index contributed by atoms with van der Waals surface area (Å²) in [5, 5.41) is 15.2. The lowest BCUT2D eigenvalue weighted by Crippen LogP contribution is -2.33. The molecule has 11 heteroatoms. The van der Waals surface area contributed by atoms with Gasteiger partial charge in [-0.15, -0.1) is 0 Å². The van der Waals surface area contributed by atoms with Crippen LogP contribution >= 0.6 is 11.3 Å². The van der Waals surface area contributed by atoms with Gasteiger partial charge >= 0.3 is 5.88 Å². The van der Waals surface area contributed by atoms with Crippen LogP contribution in [-0.4, -0.2) is 32.1 Å². The molecule has 0 aliphatic heterocycles.